The van der Waals surface area contributed by atoms with E-state index in [9.17, 15) is 0 Å². The molecule has 0 amide bonds. The van der Waals surface area contributed by atoms with Crippen molar-refractivity contribution in [3.63, 3.8) is 0 Å². The summed E-state index contributed by atoms with van der Waals surface area (Å²) in [5, 5.41) is 3.60. The summed E-state index contributed by atoms with van der Waals surface area (Å²) in [6.45, 7) is 7.59. The molecule has 1 fully saturated rings. The summed E-state index contributed by atoms with van der Waals surface area (Å²) in [6.07, 6.45) is 5.88. The van der Waals surface area contributed by atoms with Gasteiger partial charge in [-0.1, -0.05) is 6.42 Å². The van der Waals surface area contributed by atoms with Gasteiger partial charge >= 0.3 is 0 Å². The second-order valence-corrected chi connectivity index (χ2v) is 4.88. The van der Waals surface area contributed by atoms with E-state index in [4.69, 9.17) is 0 Å². The molecule has 1 aliphatic rings. The van der Waals surface area contributed by atoms with E-state index in [1.165, 1.54) is 31.4 Å². The SMILES string of the molecule is CCN(CC1CCCCN1)c1cc(C)ccn1. The second-order valence-electron chi connectivity index (χ2n) is 4.88. The lowest BCUT2D eigenvalue weighted by molar-refractivity contribution is 0.399. The molecule has 1 N–H and O–H groups in total. The third-order valence-corrected chi connectivity index (χ3v) is 3.46. The van der Waals surface area contributed by atoms with Gasteiger partial charge in [-0.25, -0.2) is 4.98 Å². The summed E-state index contributed by atoms with van der Waals surface area (Å²) >= 11 is 0. The Kier molecular flexibility index (Phi) is 4.37. The molecule has 0 saturated carbocycles. The molecule has 1 atom stereocenters. The fraction of sp³-hybridized carbons (Fsp3) is 0.643. The van der Waals surface area contributed by atoms with Crippen molar-refractivity contribution in [2.24, 2.45) is 0 Å². The van der Waals surface area contributed by atoms with Crippen LogP contribution in [0.25, 0.3) is 0 Å². The van der Waals surface area contributed by atoms with Crippen molar-refractivity contribution >= 4 is 5.82 Å². The Bertz CT molecular complexity index is 345. The van der Waals surface area contributed by atoms with Crippen molar-refractivity contribution in [3.05, 3.63) is 23.9 Å². The predicted molar refractivity (Wildman–Crippen MR) is 72.5 cm³/mol. The smallest absolute Gasteiger partial charge is 0.128 e. The van der Waals surface area contributed by atoms with Crippen LogP contribution < -0.4 is 10.2 Å². The largest absolute Gasteiger partial charge is 0.355 e. The maximum Gasteiger partial charge on any atom is 0.128 e. The second kappa shape index (κ2) is 6.01. The molecule has 1 saturated heterocycles. The number of anilines is 1. The van der Waals surface area contributed by atoms with E-state index in [1.54, 1.807) is 0 Å². The van der Waals surface area contributed by atoms with Gasteiger partial charge in [0.2, 0.25) is 0 Å². The highest BCUT2D eigenvalue weighted by molar-refractivity contribution is 5.40. The average molecular weight is 233 g/mol. The van der Waals surface area contributed by atoms with Crippen LogP contribution in [0.2, 0.25) is 0 Å². The fourth-order valence-electron chi connectivity index (χ4n) is 2.42. The molecule has 1 aromatic rings. The summed E-state index contributed by atoms with van der Waals surface area (Å²) in [4.78, 5) is 6.85. The molecule has 2 heterocycles. The van der Waals surface area contributed by atoms with Crippen LogP contribution in [0.15, 0.2) is 18.3 Å². The van der Waals surface area contributed by atoms with Gasteiger partial charge in [0, 0.05) is 25.3 Å². The maximum absolute atomic E-state index is 4.47. The van der Waals surface area contributed by atoms with Crippen molar-refractivity contribution < 1.29 is 0 Å². The highest BCUT2D eigenvalue weighted by Crippen LogP contribution is 2.15. The molecule has 94 valence electrons. The fourth-order valence-corrected chi connectivity index (χ4v) is 2.42. The molecule has 1 aliphatic heterocycles. The standard InChI is InChI=1S/C14H23N3/c1-3-17(11-13-6-4-5-8-15-13)14-10-12(2)7-9-16-14/h7,9-10,13,15H,3-6,8,11H2,1-2H3. The molecule has 0 aromatic carbocycles. The third-order valence-electron chi connectivity index (χ3n) is 3.46. The summed E-state index contributed by atoms with van der Waals surface area (Å²) in [5.41, 5.74) is 1.28. The average Bonchev–Trinajstić information content (AvgIpc) is 2.37. The number of nitrogens with one attached hydrogen (secondary N) is 1. The lowest BCUT2D eigenvalue weighted by atomic mass is 10.0. The number of hydrogen-bond acceptors (Lipinski definition) is 3. The topological polar surface area (TPSA) is 28.2 Å². The Morgan fingerprint density at radius 1 is 1.47 bits per heavy atom. The van der Waals surface area contributed by atoms with Crippen LogP contribution in [0.5, 0.6) is 0 Å². The molecule has 0 bridgehead atoms. The zero-order valence-corrected chi connectivity index (χ0v) is 10.9. The molecule has 1 unspecified atom stereocenters. The number of rotatable bonds is 4. The van der Waals surface area contributed by atoms with Gasteiger partial charge < -0.3 is 10.2 Å². The van der Waals surface area contributed by atoms with E-state index in [0.29, 0.717) is 6.04 Å². The number of nitrogens with zero attached hydrogens (tertiary/aromatic N) is 2. The Labute approximate surface area is 104 Å². The van der Waals surface area contributed by atoms with E-state index in [2.05, 4.69) is 41.2 Å². The molecule has 2 rings (SSSR count). The molecular weight excluding hydrogens is 210 g/mol. The highest BCUT2D eigenvalue weighted by atomic mass is 15.2. The zero-order chi connectivity index (χ0) is 12.1. The van der Waals surface area contributed by atoms with Crippen molar-refractivity contribution in [2.75, 3.05) is 24.5 Å². The maximum atomic E-state index is 4.47. The highest BCUT2D eigenvalue weighted by Gasteiger charge is 2.16. The predicted octanol–water partition coefficient (Wildman–Crippen LogP) is 2.36. The number of aromatic nitrogens is 1. The monoisotopic (exact) mass is 233 g/mol. The summed E-state index contributed by atoms with van der Waals surface area (Å²) in [6, 6.07) is 4.86. The van der Waals surface area contributed by atoms with Crippen LogP contribution >= 0.6 is 0 Å². The van der Waals surface area contributed by atoms with Crippen molar-refractivity contribution in [1.29, 1.82) is 0 Å². The van der Waals surface area contributed by atoms with Crippen molar-refractivity contribution in [3.8, 4) is 0 Å². The molecular formula is C14H23N3. The van der Waals surface area contributed by atoms with Crippen LogP contribution in [0, 0.1) is 6.92 Å². The van der Waals surface area contributed by atoms with Crippen LogP contribution in [0.1, 0.15) is 31.7 Å². The third kappa shape index (κ3) is 3.43. The first-order valence-corrected chi connectivity index (χ1v) is 6.70. The normalized spacial score (nSPS) is 20.2. The minimum Gasteiger partial charge on any atom is -0.355 e. The number of pyridine rings is 1. The van der Waals surface area contributed by atoms with E-state index in [0.717, 1.165) is 18.9 Å². The van der Waals surface area contributed by atoms with Crippen LogP contribution in [-0.2, 0) is 0 Å². The molecule has 0 radical (unpaired) electrons. The Morgan fingerprint density at radius 3 is 3.00 bits per heavy atom. The van der Waals surface area contributed by atoms with Gasteiger partial charge in [0.1, 0.15) is 5.82 Å². The van der Waals surface area contributed by atoms with Gasteiger partial charge in [0.15, 0.2) is 0 Å². The first-order chi connectivity index (χ1) is 8.29. The van der Waals surface area contributed by atoms with Gasteiger partial charge in [0.05, 0.1) is 0 Å². The summed E-state index contributed by atoms with van der Waals surface area (Å²) < 4.78 is 0. The minimum atomic E-state index is 0.631. The lowest BCUT2D eigenvalue weighted by Gasteiger charge is -2.30. The number of aryl methyl sites for hydroxylation is 1. The van der Waals surface area contributed by atoms with E-state index in [1.807, 2.05) is 6.20 Å². The molecule has 3 heteroatoms. The first-order valence-electron chi connectivity index (χ1n) is 6.70. The Balaban J connectivity index is 2.00. The quantitative estimate of drug-likeness (QED) is 0.865. The molecule has 0 aliphatic carbocycles. The number of hydrogen-bond donors (Lipinski definition) is 1. The molecule has 17 heavy (non-hydrogen) atoms. The van der Waals surface area contributed by atoms with E-state index < -0.39 is 0 Å². The minimum absolute atomic E-state index is 0.631. The zero-order valence-electron chi connectivity index (χ0n) is 10.9. The summed E-state index contributed by atoms with van der Waals surface area (Å²) in [7, 11) is 0. The van der Waals surface area contributed by atoms with Crippen molar-refractivity contribution in [2.45, 2.75) is 39.2 Å². The van der Waals surface area contributed by atoms with Crippen LogP contribution in [-0.4, -0.2) is 30.7 Å². The Morgan fingerprint density at radius 2 is 2.35 bits per heavy atom. The molecule has 3 nitrogen and oxygen atoms in total. The van der Waals surface area contributed by atoms with Gasteiger partial charge in [0.25, 0.3) is 0 Å². The molecule has 0 spiro atoms. The van der Waals surface area contributed by atoms with Gasteiger partial charge in [-0.2, -0.15) is 0 Å². The molecule has 1 aromatic heterocycles. The van der Waals surface area contributed by atoms with Gasteiger partial charge in [-0.3, -0.25) is 0 Å². The first kappa shape index (κ1) is 12.4. The van der Waals surface area contributed by atoms with Crippen LogP contribution in [0.3, 0.4) is 0 Å². The van der Waals surface area contributed by atoms with Gasteiger partial charge in [-0.05, 0) is 50.9 Å². The van der Waals surface area contributed by atoms with Crippen LogP contribution in [0.4, 0.5) is 5.82 Å². The lowest BCUT2D eigenvalue weighted by Crippen LogP contribution is -2.44. The number of likely N-dealkylation sites (N-methyl/N-ethyl adjacent to an activating group) is 1. The number of piperidine rings is 1. The van der Waals surface area contributed by atoms with E-state index in [-0.39, 0.29) is 0 Å². The van der Waals surface area contributed by atoms with Crippen molar-refractivity contribution in [1.82, 2.24) is 10.3 Å². The Hall–Kier alpha value is -1.09. The van der Waals surface area contributed by atoms with Gasteiger partial charge in [-0.15, -0.1) is 0 Å². The van der Waals surface area contributed by atoms with E-state index >= 15 is 0 Å². The summed E-state index contributed by atoms with van der Waals surface area (Å²) in [5.74, 6) is 1.11.